The lowest BCUT2D eigenvalue weighted by Gasteiger charge is -2.14. The van der Waals surface area contributed by atoms with Crippen molar-refractivity contribution in [2.45, 2.75) is 19.4 Å². The average Bonchev–Trinajstić information content (AvgIpc) is 3.05. The fourth-order valence-electron chi connectivity index (χ4n) is 2.47. The molecule has 0 aliphatic rings. The summed E-state index contributed by atoms with van der Waals surface area (Å²) < 4.78 is 26.3. The average molecular weight is 393 g/mol. The molecule has 0 bridgehead atoms. The van der Waals surface area contributed by atoms with Crippen molar-refractivity contribution in [1.29, 1.82) is 0 Å². The topological polar surface area (TPSA) is 42.0 Å². The Labute approximate surface area is 158 Å². The molecule has 0 saturated carbocycles. The summed E-state index contributed by atoms with van der Waals surface area (Å²) in [4.78, 5) is 16.7. The van der Waals surface area contributed by atoms with Crippen molar-refractivity contribution in [3.8, 4) is 10.6 Å². The maximum absolute atomic E-state index is 13.3. The minimum absolute atomic E-state index is 0.0922. The van der Waals surface area contributed by atoms with Gasteiger partial charge in [0.25, 0.3) is 0 Å². The van der Waals surface area contributed by atoms with E-state index in [9.17, 15) is 13.6 Å². The number of rotatable bonds is 5. The molecule has 0 fully saturated rings. The highest BCUT2D eigenvalue weighted by Crippen LogP contribution is 2.30. The monoisotopic (exact) mass is 392 g/mol. The first-order valence-electron chi connectivity index (χ1n) is 7.87. The molecule has 1 N–H and O–H groups in total. The van der Waals surface area contributed by atoms with Crippen LogP contribution >= 0.6 is 22.9 Å². The maximum atomic E-state index is 13.3. The number of aromatic nitrogens is 1. The Bertz CT molecular complexity index is 945. The molecule has 1 atom stereocenters. The van der Waals surface area contributed by atoms with Gasteiger partial charge in [-0.05, 0) is 30.7 Å². The molecule has 7 heteroatoms. The number of carbonyl (C=O) groups excluding carboxylic acids is 1. The minimum Gasteiger partial charge on any atom is -0.349 e. The second-order valence-electron chi connectivity index (χ2n) is 5.76. The second-order valence-corrected chi connectivity index (χ2v) is 7.03. The Morgan fingerprint density at radius 2 is 2.00 bits per heavy atom. The largest absolute Gasteiger partial charge is 0.349 e. The van der Waals surface area contributed by atoms with Crippen LogP contribution in [0.25, 0.3) is 10.6 Å². The van der Waals surface area contributed by atoms with Gasteiger partial charge in [-0.1, -0.05) is 35.9 Å². The Morgan fingerprint density at radius 3 is 2.73 bits per heavy atom. The quantitative estimate of drug-likeness (QED) is 0.651. The molecule has 0 spiro atoms. The van der Waals surface area contributed by atoms with Crippen molar-refractivity contribution in [1.82, 2.24) is 10.3 Å². The normalized spacial score (nSPS) is 12.0. The Morgan fingerprint density at radius 1 is 1.23 bits per heavy atom. The number of thiazole rings is 1. The summed E-state index contributed by atoms with van der Waals surface area (Å²) in [5.74, 6) is -2.10. The van der Waals surface area contributed by atoms with Crippen LogP contribution in [0.4, 0.5) is 8.78 Å². The Balaban J connectivity index is 1.65. The van der Waals surface area contributed by atoms with Crippen LogP contribution < -0.4 is 5.32 Å². The summed E-state index contributed by atoms with van der Waals surface area (Å²) in [5.41, 5.74) is 1.94. The number of nitrogens with zero attached hydrogens (tertiary/aromatic N) is 1. The first-order valence-corrected chi connectivity index (χ1v) is 9.13. The molecular formula is C19H15ClF2N2OS. The molecule has 3 nitrogen and oxygen atoms in total. The summed E-state index contributed by atoms with van der Waals surface area (Å²) in [5, 5.41) is 5.91. The van der Waals surface area contributed by atoms with Gasteiger partial charge in [0.05, 0.1) is 23.2 Å². The van der Waals surface area contributed by atoms with Crippen molar-refractivity contribution in [2.24, 2.45) is 0 Å². The van der Waals surface area contributed by atoms with Crippen LogP contribution in [0, 0.1) is 11.6 Å². The van der Waals surface area contributed by atoms with E-state index >= 15 is 0 Å². The summed E-state index contributed by atoms with van der Waals surface area (Å²) >= 11 is 7.58. The highest BCUT2D eigenvalue weighted by atomic mass is 35.5. The van der Waals surface area contributed by atoms with Crippen LogP contribution in [-0.2, 0) is 11.2 Å². The molecule has 0 radical (unpaired) electrons. The van der Waals surface area contributed by atoms with Crippen LogP contribution in [0.5, 0.6) is 0 Å². The molecule has 3 aromatic rings. The zero-order chi connectivity index (χ0) is 18.7. The first-order chi connectivity index (χ1) is 12.4. The van der Waals surface area contributed by atoms with Gasteiger partial charge in [-0.15, -0.1) is 11.3 Å². The standard InChI is InChI=1S/C19H15ClF2N2OS/c1-11(12-6-7-16(21)17(22)8-12)23-18(25)9-13-10-26-19(24-13)14-4-2-3-5-15(14)20/h2-8,10-11H,9H2,1H3,(H,23,25). The van der Waals surface area contributed by atoms with Crippen LogP contribution in [-0.4, -0.2) is 10.9 Å². The summed E-state index contributed by atoms with van der Waals surface area (Å²) in [6.07, 6.45) is 0.0922. The molecule has 0 aliphatic heterocycles. The van der Waals surface area contributed by atoms with Gasteiger partial charge >= 0.3 is 0 Å². The lowest BCUT2D eigenvalue weighted by molar-refractivity contribution is -0.121. The molecule has 1 unspecified atom stereocenters. The summed E-state index contributed by atoms with van der Waals surface area (Å²) in [6, 6.07) is 10.5. The van der Waals surface area contributed by atoms with Crippen molar-refractivity contribution in [3.05, 3.63) is 75.8 Å². The van der Waals surface area contributed by atoms with E-state index in [1.54, 1.807) is 18.4 Å². The third kappa shape index (κ3) is 4.26. The fraction of sp³-hybridized carbons (Fsp3) is 0.158. The van der Waals surface area contributed by atoms with Gasteiger partial charge in [0, 0.05) is 10.9 Å². The predicted molar refractivity (Wildman–Crippen MR) is 99.2 cm³/mol. The molecule has 2 aromatic carbocycles. The second kappa shape index (κ2) is 7.93. The van der Waals surface area contributed by atoms with Crippen molar-refractivity contribution in [3.63, 3.8) is 0 Å². The number of hydrogen-bond acceptors (Lipinski definition) is 3. The van der Waals surface area contributed by atoms with Gasteiger partial charge in [0.1, 0.15) is 5.01 Å². The predicted octanol–water partition coefficient (Wildman–Crippen LogP) is 5.16. The van der Waals surface area contributed by atoms with Gasteiger partial charge in [-0.25, -0.2) is 13.8 Å². The van der Waals surface area contributed by atoms with E-state index in [1.165, 1.54) is 17.4 Å². The van der Waals surface area contributed by atoms with Crippen LogP contribution in [0.15, 0.2) is 47.8 Å². The molecule has 1 heterocycles. The van der Waals surface area contributed by atoms with Crippen molar-refractivity contribution in [2.75, 3.05) is 0 Å². The minimum atomic E-state index is -0.938. The highest BCUT2D eigenvalue weighted by molar-refractivity contribution is 7.13. The third-order valence-electron chi connectivity index (χ3n) is 3.82. The van der Waals surface area contributed by atoms with Crippen molar-refractivity contribution < 1.29 is 13.6 Å². The fourth-order valence-corrected chi connectivity index (χ4v) is 3.61. The van der Waals surface area contributed by atoms with E-state index in [1.807, 2.05) is 18.2 Å². The zero-order valence-corrected chi connectivity index (χ0v) is 15.4. The summed E-state index contributed by atoms with van der Waals surface area (Å²) in [6.45, 7) is 1.71. The molecule has 1 amide bonds. The summed E-state index contributed by atoms with van der Waals surface area (Å²) in [7, 11) is 0. The molecule has 1 aromatic heterocycles. The van der Waals surface area contributed by atoms with Crippen molar-refractivity contribution >= 4 is 28.8 Å². The first kappa shape index (κ1) is 18.5. The van der Waals surface area contributed by atoms with E-state index in [0.29, 0.717) is 16.3 Å². The number of amides is 1. The lowest BCUT2D eigenvalue weighted by Crippen LogP contribution is -2.28. The van der Waals surface area contributed by atoms with E-state index in [-0.39, 0.29) is 12.3 Å². The molecule has 134 valence electrons. The van der Waals surface area contributed by atoms with E-state index < -0.39 is 17.7 Å². The number of carbonyl (C=O) groups is 1. The van der Waals surface area contributed by atoms with Crippen LogP contribution in [0.3, 0.4) is 0 Å². The van der Waals surface area contributed by atoms with E-state index in [0.717, 1.165) is 22.7 Å². The molecular weight excluding hydrogens is 378 g/mol. The van der Waals surface area contributed by atoms with Crippen LogP contribution in [0.1, 0.15) is 24.2 Å². The number of hydrogen-bond donors (Lipinski definition) is 1. The number of halogens is 3. The molecule has 0 aliphatic carbocycles. The SMILES string of the molecule is CC(NC(=O)Cc1csc(-c2ccccc2Cl)n1)c1ccc(F)c(F)c1. The van der Waals surface area contributed by atoms with E-state index in [4.69, 9.17) is 11.6 Å². The Hall–Kier alpha value is -2.31. The molecule has 0 saturated heterocycles. The van der Waals surface area contributed by atoms with Gasteiger partial charge in [-0.2, -0.15) is 0 Å². The lowest BCUT2D eigenvalue weighted by atomic mass is 10.1. The van der Waals surface area contributed by atoms with Crippen LogP contribution in [0.2, 0.25) is 5.02 Å². The molecule has 26 heavy (non-hydrogen) atoms. The number of benzene rings is 2. The maximum Gasteiger partial charge on any atom is 0.226 e. The highest BCUT2D eigenvalue weighted by Gasteiger charge is 2.15. The van der Waals surface area contributed by atoms with E-state index in [2.05, 4.69) is 10.3 Å². The van der Waals surface area contributed by atoms with Gasteiger partial charge in [0.2, 0.25) is 5.91 Å². The smallest absolute Gasteiger partial charge is 0.226 e. The zero-order valence-electron chi connectivity index (χ0n) is 13.8. The number of nitrogens with one attached hydrogen (secondary N) is 1. The Kier molecular flexibility index (Phi) is 5.64. The van der Waals surface area contributed by atoms with Gasteiger partial charge in [0.15, 0.2) is 11.6 Å². The molecule has 3 rings (SSSR count). The van der Waals surface area contributed by atoms with Gasteiger partial charge < -0.3 is 5.32 Å². The third-order valence-corrected chi connectivity index (χ3v) is 5.07. The van der Waals surface area contributed by atoms with Gasteiger partial charge in [-0.3, -0.25) is 4.79 Å².